The van der Waals surface area contributed by atoms with E-state index in [9.17, 15) is 5.11 Å². The van der Waals surface area contributed by atoms with E-state index >= 15 is 0 Å². The molecular formula is C15H22O3. The highest BCUT2D eigenvalue weighted by molar-refractivity contribution is 5.53. The number of hydrogen-bond acceptors (Lipinski definition) is 3. The molecule has 3 nitrogen and oxygen atoms in total. The van der Waals surface area contributed by atoms with E-state index in [-0.39, 0.29) is 18.0 Å². The van der Waals surface area contributed by atoms with Crippen LogP contribution in [0.25, 0.3) is 0 Å². The Bertz CT molecular complexity index is 377. The van der Waals surface area contributed by atoms with Gasteiger partial charge in [-0.15, -0.1) is 6.58 Å². The summed E-state index contributed by atoms with van der Waals surface area (Å²) < 4.78 is 11.2. The summed E-state index contributed by atoms with van der Waals surface area (Å²) in [5, 5.41) is 10.1. The molecule has 0 aliphatic heterocycles. The van der Waals surface area contributed by atoms with Crippen LogP contribution in [-0.2, 0) is 6.42 Å². The number of allylic oxidation sites excluding steroid dienone is 1. The van der Waals surface area contributed by atoms with Gasteiger partial charge in [-0.3, -0.25) is 0 Å². The monoisotopic (exact) mass is 250 g/mol. The molecule has 0 spiro atoms. The van der Waals surface area contributed by atoms with Crippen LogP contribution < -0.4 is 9.47 Å². The lowest BCUT2D eigenvalue weighted by Gasteiger charge is -2.17. The van der Waals surface area contributed by atoms with Gasteiger partial charge in [-0.2, -0.15) is 0 Å². The zero-order valence-corrected chi connectivity index (χ0v) is 11.6. The van der Waals surface area contributed by atoms with Gasteiger partial charge in [0.05, 0.1) is 12.2 Å². The maximum Gasteiger partial charge on any atom is 0.200 e. The first-order valence-electron chi connectivity index (χ1n) is 6.24. The van der Waals surface area contributed by atoms with Crippen molar-refractivity contribution in [2.75, 3.05) is 0 Å². The minimum Gasteiger partial charge on any atom is -0.502 e. The maximum atomic E-state index is 10.1. The predicted molar refractivity (Wildman–Crippen MR) is 73.5 cm³/mol. The van der Waals surface area contributed by atoms with Crippen molar-refractivity contribution in [1.29, 1.82) is 0 Å². The minimum absolute atomic E-state index is 0.00165. The summed E-state index contributed by atoms with van der Waals surface area (Å²) in [5.41, 5.74) is 1.01. The second kappa shape index (κ2) is 6.34. The standard InChI is InChI=1S/C15H22O3/c1-6-7-12-8-13(17-10(2)3)15(16)14(9-12)18-11(4)5/h6,8-11,16H,1,7H2,2-5H3. The van der Waals surface area contributed by atoms with Crippen molar-refractivity contribution in [2.45, 2.75) is 46.3 Å². The molecule has 0 aliphatic carbocycles. The quantitative estimate of drug-likeness (QED) is 0.782. The number of rotatable bonds is 6. The summed E-state index contributed by atoms with van der Waals surface area (Å²) in [5.74, 6) is 0.977. The molecule has 3 heteroatoms. The van der Waals surface area contributed by atoms with Crippen molar-refractivity contribution in [3.63, 3.8) is 0 Å². The third kappa shape index (κ3) is 3.99. The Morgan fingerprint density at radius 2 is 1.56 bits per heavy atom. The van der Waals surface area contributed by atoms with Gasteiger partial charge in [0.25, 0.3) is 0 Å². The first-order chi connectivity index (χ1) is 8.43. The topological polar surface area (TPSA) is 38.7 Å². The molecule has 0 bridgehead atoms. The smallest absolute Gasteiger partial charge is 0.200 e. The molecule has 0 radical (unpaired) electrons. The summed E-state index contributed by atoms with van der Waals surface area (Å²) in [6.45, 7) is 11.4. The average molecular weight is 250 g/mol. The molecule has 0 atom stereocenters. The first kappa shape index (κ1) is 14.4. The van der Waals surface area contributed by atoms with E-state index < -0.39 is 0 Å². The molecule has 1 aromatic carbocycles. The third-order valence-corrected chi connectivity index (χ3v) is 2.21. The number of ether oxygens (including phenoxy) is 2. The molecule has 0 heterocycles. The molecule has 0 unspecified atom stereocenters. The molecular weight excluding hydrogens is 228 g/mol. The number of phenols is 1. The van der Waals surface area contributed by atoms with Gasteiger partial charge in [0.2, 0.25) is 5.75 Å². The van der Waals surface area contributed by atoms with Crippen molar-refractivity contribution in [3.8, 4) is 17.2 Å². The zero-order valence-electron chi connectivity index (χ0n) is 11.6. The number of hydrogen-bond donors (Lipinski definition) is 1. The summed E-state index contributed by atoms with van der Waals surface area (Å²) in [4.78, 5) is 0. The van der Waals surface area contributed by atoms with Crippen LogP contribution in [0.2, 0.25) is 0 Å². The third-order valence-electron chi connectivity index (χ3n) is 2.21. The molecule has 18 heavy (non-hydrogen) atoms. The molecule has 100 valence electrons. The fourth-order valence-corrected chi connectivity index (χ4v) is 1.61. The van der Waals surface area contributed by atoms with E-state index in [0.717, 1.165) is 5.56 Å². The van der Waals surface area contributed by atoms with Crippen LogP contribution in [-0.4, -0.2) is 17.3 Å². The lowest BCUT2D eigenvalue weighted by atomic mass is 10.1. The molecule has 1 rings (SSSR count). The van der Waals surface area contributed by atoms with Crippen LogP contribution in [0.5, 0.6) is 17.2 Å². The van der Waals surface area contributed by atoms with Gasteiger partial charge >= 0.3 is 0 Å². The maximum absolute atomic E-state index is 10.1. The molecule has 0 aliphatic rings. The van der Waals surface area contributed by atoms with E-state index in [1.165, 1.54) is 0 Å². The molecule has 0 fully saturated rings. The van der Waals surface area contributed by atoms with Gasteiger partial charge in [-0.05, 0) is 51.8 Å². The largest absolute Gasteiger partial charge is 0.502 e. The van der Waals surface area contributed by atoms with Crippen LogP contribution in [0.3, 0.4) is 0 Å². The van der Waals surface area contributed by atoms with E-state index in [2.05, 4.69) is 6.58 Å². The highest BCUT2D eigenvalue weighted by atomic mass is 16.5. The molecule has 0 aromatic heterocycles. The van der Waals surface area contributed by atoms with E-state index in [1.54, 1.807) is 0 Å². The van der Waals surface area contributed by atoms with Gasteiger partial charge in [0.15, 0.2) is 11.5 Å². The Morgan fingerprint density at radius 3 is 1.89 bits per heavy atom. The summed E-state index contributed by atoms with van der Waals surface area (Å²) in [6, 6.07) is 3.65. The SMILES string of the molecule is C=CCc1cc(OC(C)C)c(O)c(OC(C)C)c1. The van der Waals surface area contributed by atoms with Crippen molar-refractivity contribution < 1.29 is 14.6 Å². The zero-order chi connectivity index (χ0) is 13.7. The highest BCUT2D eigenvalue weighted by Gasteiger charge is 2.14. The van der Waals surface area contributed by atoms with Crippen LogP contribution in [0, 0.1) is 0 Å². The summed E-state index contributed by atoms with van der Waals surface area (Å²) in [6.07, 6.45) is 2.53. The summed E-state index contributed by atoms with van der Waals surface area (Å²) in [7, 11) is 0. The first-order valence-corrected chi connectivity index (χ1v) is 6.24. The Balaban J connectivity index is 3.14. The van der Waals surface area contributed by atoms with Crippen LogP contribution >= 0.6 is 0 Å². The average Bonchev–Trinajstić information content (AvgIpc) is 2.23. The van der Waals surface area contributed by atoms with Crippen molar-refractivity contribution in [3.05, 3.63) is 30.4 Å². The van der Waals surface area contributed by atoms with Crippen LogP contribution in [0.1, 0.15) is 33.3 Å². The van der Waals surface area contributed by atoms with Crippen molar-refractivity contribution in [2.24, 2.45) is 0 Å². The van der Waals surface area contributed by atoms with Crippen LogP contribution in [0.15, 0.2) is 24.8 Å². The van der Waals surface area contributed by atoms with Gasteiger partial charge < -0.3 is 14.6 Å². The van der Waals surface area contributed by atoms with Gasteiger partial charge in [0, 0.05) is 0 Å². The van der Waals surface area contributed by atoms with Gasteiger partial charge in [-0.25, -0.2) is 0 Å². The molecule has 1 N–H and O–H groups in total. The number of benzene rings is 1. The molecule has 0 amide bonds. The van der Waals surface area contributed by atoms with Crippen molar-refractivity contribution >= 4 is 0 Å². The lowest BCUT2D eigenvalue weighted by Crippen LogP contribution is -2.09. The predicted octanol–water partition coefficient (Wildman–Crippen LogP) is 3.70. The van der Waals surface area contributed by atoms with Gasteiger partial charge in [0.1, 0.15) is 0 Å². The highest BCUT2D eigenvalue weighted by Crippen LogP contribution is 2.38. The summed E-state index contributed by atoms with van der Waals surface area (Å²) >= 11 is 0. The molecule has 1 aromatic rings. The van der Waals surface area contributed by atoms with E-state index in [4.69, 9.17) is 9.47 Å². The molecule has 0 saturated heterocycles. The second-order valence-electron chi connectivity index (χ2n) is 4.77. The fourth-order valence-electron chi connectivity index (χ4n) is 1.61. The van der Waals surface area contributed by atoms with E-state index in [1.807, 2.05) is 45.9 Å². The Morgan fingerprint density at radius 1 is 1.11 bits per heavy atom. The Hall–Kier alpha value is -1.64. The number of aromatic hydroxyl groups is 1. The van der Waals surface area contributed by atoms with E-state index in [0.29, 0.717) is 17.9 Å². The molecule has 0 saturated carbocycles. The lowest BCUT2D eigenvalue weighted by molar-refractivity contribution is 0.211. The Kier molecular flexibility index (Phi) is 5.08. The second-order valence-corrected chi connectivity index (χ2v) is 4.77. The fraction of sp³-hybridized carbons (Fsp3) is 0.467. The van der Waals surface area contributed by atoms with Crippen LogP contribution in [0.4, 0.5) is 0 Å². The van der Waals surface area contributed by atoms with Crippen molar-refractivity contribution in [1.82, 2.24) is 0 Å². The Labute approximate surface area is 109 Å². The van der Waals surface area contributed by atoms with Gasteiger partial charge in [-0.1, -0.05) is 6.08 Å². The number of phenolic OH excluding ortho intramolecular Hbond substituents is 1. The minimum atomic E-state index is 0.00165. The normalized spacial score (nSPS) is 10.8.